The minimum Gasteiger partial charge on any atom is -0.494 e. The molecule has 1 saturated heterocycles. The van der Waals surface area contributed by atoms with E-state index in [0.29, 0.717) is 17.2 Å². The fourth-order valence-corrected chi connectivity index (χ4v) is 3.17. The molecule has 3 heterocycles. The first-order chi connectivity index (χ1) is 7.94. The molecule has 3 rings (SSSR count). The van der Waals surface area contributed by atoms with Crippen LogP contribution in [0.15, 0.2) is 0 Å². The lowest BCUT2D eigenvalue weighted by Crippen LogP contribution is -2.49. The molecular formula is C12H18N2O3. The van der Waals surface area contributed by atoms with E-state index < -0.39 is 0 Å². The third-order valence-corrected chi connectivity index (χ3v) is 3.98. The summed E-state index contributed by atoms with van der Waals surface area (Å²) in [7, 11) is 1.62. The molecule has 3 atom stereocenters. The van der Waals surface area contributed by atoms with Gasteiger partial charge in [-0.15, -0.1) is 0 Å². The van der Waals surface area contributed by atoms with Gasteiger partial charge in [-0.2, -0.15) is 0 Å². The molecule has 0 aliphatic carbocycles. The van der Waals surface area contributed by atoms with Crippen LogP contribution in [0.25, 0.3) is 0 Å². The van der Waals surface area contributed by atoms with Crippen molar-refractivity contribution in [3.05, 3.63) is 5.56 Å². The molecule has 5 heteroatoms. The number of piperidine rings is 1. The van der Waals surface area contributed by atoms with Crippen molar-refractivity contribution >= 4 is 0 Å². The molecule has 0 radical (unpaired) electrons. The lowest BCUT2D eigenvalue weighted by Gasteiger charge is -2.39. The molecule has 1 aromatic rings. The van der Waals surface area contributed by atoms with Crippen molar-refractivity contribution in [2.24, 2.45) is 13.0 Å². The molecule has 2 aliphatic rings. The summed E-state index contributed by atoms with van der Waals surface area (Å²) in [5, 5.41) is 23.4. The topological polar surface area (TPSA) is 66.7 Å². The van der Waals surface area contributed by atoms with Gasteiger partial charge < -0.3 is 20.3 Å². The molecule has 1 fully saturated rings. The third-order valence-electron chi connectivity index (χ3n) is 3.98. The standard InChI is InChI=1S/C12H18N2O3/c1-6-4-12(2)9(13-5-6)7-8(17-12)11(16)14(3)10(7)15/h6,9,13,15-16H,4-5H2,1-3H3/t6?,9-,12?/m1/s1. The van der Waals surface area contributed by atoms with Crippen molar-refractivity contribution in [1.82, 2.24) is 9.88 Å². The molecule has 0 spiro atoms. The predicted molar refractivity (Wildman–Crippen MR) is 62.3 cm³/mol. The molecule has 17 heavy (non-hydrogen) atoms. The van der Waals surface area contributed by atoms with E-state index in [4.69, 9.17) is 4.74 Å². The smallest absolute Gasteiger partial charge is 0.237 e. The van der Waals surface area contributed by atoms with E-state index in [1.54, 1.807) is 7.05 Å². The molecule has 0 aromatic carbocycles. The van der Waals surface area contributed by atoms with E-state index in [1.165, 1.54) is 4.57 Å². The summed E-state index contributed by atoms with van der Waals surface area (Å²) in [5.41, 5.74) is 0.324. The largest absolute Gasteiger partial charge is 0.494 e. The van der Waals surface area contributed by atoms with Gasteiger partial charge in [-0.25, -0.2) is 0 Å². The van der Waals surface area contributed by atoms with Crippen LogP contribution in [0.3, 0.4) is 0 Å². The van der Waals surface area contributed by atoms with Crippen molar-refractivity contribution < 1.29 is 14.9 Å². The van der Waals surface area contributed by atoms with Crippen molar-refractivity contribution in [1.29, 1.82) is 0 Å². The summed E-state index contributed by atoms with van der Waals surface area (Å²) in [5.74, 6) is 1.05. The van der Waals surface area contributed by atoms with E-state index in [9.17, 15) is 10.2 Å². The van der Waals surface area contributed by atoms with Crippen LogP contribution in [0, 0.1) is 5.92 Å². The van der Waals surface area contributed by atoms with Crippen LogP contribution in [0.1, 0.15) is 31.9 Å². The van der Waals surface area contributed by atoms with E-state index in [1.807, 2.05) is 6.92 Å². The number of hydrogen-bond donors (Lipinski definition) is 3. The van der Waals surface area contributed by atoms with E-state index in [-0.39, 0.29) is 23.4 Å². The first kappa shape index (κ1) is 10.8. The quantitative estimate of drug-likeness (QED) is 0.636. The highest BCUT2D eigenvalue weighted by Crippen LogP contribution is 2.56. The van der Waals surface area contributed by atoms with Gasteiger partial charge in [-0.3, -0.25) is 4.57 Å². The van der Waals surface area contributed by atoms with Crippen molar-refractivity contribution in [2.75, 3.05) is 6.54 Å². The Bertz CT molecular complexity index is 483. The Balaban J connectivity index is 2.10. The van der Waals surface area contributed by atoms with Gasteiger partial charge in [-0.05, 0) is 25.8 Å². The molecule has 94 valence electrons. The minimum absolute atomic E-state index is 0.00239. The number of fused-ring (bicyclic) bond motifs is 3. The van der Waals surface area contributed by atoms with Gasteiger partial charge in [0.1, 0.15) is 5.60 Å². The maximum absolute atomic E-state index is 10.0. The van der Waals surface area contributed by atoms with Crippen molar-refractivity contribution in [2.45, 2.75) is 31.9 Å². The number of nitrogens with zero attached hydrogens (tertiary/aromatic N) is 1. The SMILES string of the molecule is CC1CN[C@@H]2c3c(c(O)n(C)c3O)OC2(C)C1. The van der Waals surface area contributed by atoms with E-state index in [0.717, 1.165) is 13.0 Å². The molecule has 5 nitrogen and oxygen atoms in total. The van der Waals surface area contributed by atoms with Crippen molar-refractivity contribution in [3.8, 4) is 17.5 Å². The Kier molecular flexibility index (Phi) is 1.96. The summed E-state index contributed by atoms with van der Waals surface area (Å²) >= 11 is 0. The number of hydrogen-bond acceptors (Lipinski definition) is 4. The molecule has 0 saturated carbocycles. The Morgan fingerprint density at radius 1 is 1.41 bits per heavy atom. The third kappa shape index (κ3) is 1.23. The average molecular weight is 238 g/mol. The molecule has 2 aliphatic heterocycles. The van der Waals surface area contributed by atoms with Crippen LogP contribution in [0.4, 0.5) is 0 Å². The highest BCUT2D eigenvalue weighted by molar-refractivity contribution is 5.57. The Morgan fingerprint density at radius 2 is 2.12 bits per heavy atom. The van der Waals surface area contributed by atoms with Crippen LogP contribution >= 0.6 is 0 Å². The zero-order valence-electron chi connectivity index (χ0n) is 10.3. The molecule has 0 bridgehead atoms. The maximum Gasteiger partial charge on any atom is 0.237 e. The molecular weight excluding hydrogens is 220 g/mol. The Labute approximate surface area is 100 Å². The van der Waals surface area contributed by atoms with Crippen LogP contribution in [-0.4, -0.2) is 26.9 Å². The number of aromatic hydroxyl groups is 2. The number of aromatic nitrogens is 1. The van der Waals surface area contributed by atoms with Crippen LogP contribution in [0.2, 0.25) is 0 Å². The van der Waals surface area contributed by atoms with Gasteiger partial charge in [0.05, 0.1) is 11.6 Å². The maximum atomic E-state index is 10.0. The molecule has 0 amide bonds. The number of ether oxygens (including phenoxy) is 1. The van der Waals surface area contributed by atoms with Crippen LogP contribution in [0.5, 0.6) is 17.5 Å². The minimum atomic E-state index is -0.369. The fraction of sp³-hybridized carbons (Fsp3) is 0.667. The fourth-order valence-electron chi connectivity index (χ4n) is 3.17. The summed E-state index contributed by atoms with van der Waals surface area (Å²) in [4.78, 5) is 0. The first-order valence-corrected chi connectivity index (χ1v) is 5.97. The number of nitrogens with one attached hydrogen (secondary N) is 1. The lowest BCUT2D eigenvalue weighted by molar-refractivity contribution is 0.0236. The number of rotatable bonds is 0. The van der Waals surface area contributed by atoms with E-state index >= 15 is 0 Å². The molecule has 1 aromatic heterocycles. The van der Waals surface area contributed by atoms with Crippen LogP contribution in [-0.2, 0) is 7.05 Å². The highest BCUT2D eigenvalue weighted by atomic mass is 16.5. The van der Waals surface area contributed by atoms with Crippen molar-refractivity contribution in [3.63, 3.8) is 0 Å². The monoisotopic (exact) mass is 238 g/mol. The molecule has 2 unspecified atom stereocenters. The summed E-state index contributed by atoms with van der Waals surface area (Å²) in [6.45, 7) is 5.10. The zero-order valence-corrected chi connectivity index (χ0v) is 10.3. The summed E-state index contributed by atoms with van der Waals surface area (Å²) in [6, 6.07) is -0.0409. The highest BCUT2D eigenvalue weighted by Gasteiger charge is 2.52. The average Bonchev–Trinajstić information content (AvgIpc) is 2.66. The van der Waals surface area contributed by atoms with Crippen LogP contribution < -0.4 is 10.1 Å². The molecule has 3 N–H and O–H groups in total. The van der Waals surface area contributed by atoms with Gasteiger partial charge in [0, 0.05) is 7.05 Å². The normalized spacial score (nSPS) is 35.2. The second kappa shape index (κ2) is 3.10. The Morgan fingerprint density at radius 3 is 2.82 bits per heavy atom. The van der Waals surface area contributed by atoms with Gasteiger partial charge in [0.2, 0.25) is 11.8 Å². The van der Waals surface area contributed by atoms with E-state index in [2.05, 4.69) is 12.2 Å². The van der Waals surface area contributed by atoms with Gasteiger partial charge in [0.15, 0.2) is 5.75 Å². The van der Waals surface area contributed by atoms with Gasteiger partial charge >= 0.3 is 0 Å². The predicted octanol–water partition coefficient (Wildman–Crippen LogP) is 1.26. The summed E-state index contributed by atoms with van der Waals surface area (Å²) in [6.07, 6.45) is 0.919. The second-order valence-electron chi connectivity index (χ2n) is 5.51. The lowest BCUT2D eigenvalue weighted by atomic mass is 9.81. The second-order valence-corrected chi connectivity index (χ2v) is 5.51. The summed E-state index contributed by atoms with van der Waals surface area (Å²) < 4.78 is 7.26. The van der Waals surface area contributed by atoms with Gasteiger partial charge in [-0.1, -0.05) is 6.92 Å². The first-order valence-electron chi connectivity index (χ1n) is 5.97. The van der Waals surface area contributed by atoms with Gasteiger partial charge in [0.25, 0.3) is 0 Å². The zero-order chi connectivity index (χ0) is 12.4. The Hall–Kier alpha value is -1.36.